The van der Waals surface area contributed by atoms with Gasteiger partial charge in [-0.05, 0) is 130 Å². The van der Waals surface area contributed by atoms with Crippen LogP contribution >= 0.6 is 0 Å². The van der Waals surface area contributed by atoms with Crippen molar-refractivity contribution in [1.82, 2.24) is 0 Å². The van der Waals surface area contributed by atoms with Crippen molar-refractivity contribution in [1.29, 1.82) is 0 Å². The number of hydrogen-bond donors (Lipinski definition) is 3. The fourth-order valence-corrected chi connectivity index (χ4v) is 11.3. The van der Waals surface area contributed by atoms with E-state index in [1.807, 2.05) is 0 Å². The molecule has 3 heteroatoms. The van der Waals surface area contributed by atoms with E-state index in [-0.39, 0.29) is 11.5 Å². The molecular formula is C30H52O3. The molecule has 0 aromatic carbocycles. The highest BCUT2D eigenvalue weighted by molar-refractivity contribution is 5.32. The van der Waals surface area contributed by atoms with Gasteiger partial charge in [0.05, 0.1) is 17.8 Å². The lowest BCUT2D eigenvalue weighted by Crippen LogP contribution is -2.58. The lowest BCUT2D eigenvalue weighted by Gasteiger charge is -2.63. The van der Waals surface area contributed by atoms with Gasteiger partial charge in [-0.25, -0.2) is 0 Å². The zero-order valence-corrected chi connectivity index (χ0v) is 22.6. The molecule has 0 aliphatic heterocycles. The Labute approximate surface area is 203 Å². The molecule has 5 aliphatic rings. The summed E-state index contributed by atoms with van der Waals surface area (Å²) in [6, 6.07) is 0. The van der Waals surface area contributed by atoms with Crippen molar-refractivity contribution in [3.8, 4) is 0 Å². The van der Waals surface area contributed by atoms with Crippen LogP contribution in [0.25, 0.3) is 0 Å². The molecule has 5 aliphatic carbocycles. The summed E-state index contributed by atoms with van der Waals surface area (Å²) in [5.41, 5.74) is 0.698. The maximum absolute atomic E-state index is 11.4. The van der Waals surface area contributed by atoms with Gasteiger partial charge < -0.3 is 15.3 Å². The average molecular weight is 461 g/mol. The molecule has 33 heavy (non-hydrogen) atoms. The van der Waals surface area contributed by atoms with Crippen LogP contribution in [0.2, 0.25) is 0 Å². The van der Waals surface area contributed by atoms with Crippen molar-refractivity contribution in [2.75, 3.05) is 0 Å². The third kappa shape index (κ3) is 3.03. The first-order chi connectivity index (χ1) is 15.2. The molecule has 3 nitrogen and oxygen atoms in total. The first-order valence-corrected chi connectivity index (χ1v) is 14.2. The van der Waals surface area contributed by atoms with E-state index in [1.165, 1.54) is 51.4 Å². The highest BCUT2D eigenvalue weighted by atomic mass is 16.3. The van der Waals surface area contributed by atoms with Crippen LogP contribution in [-0.2, 0) is 0 Å². The Morgan fingerprint density at radius 1 is 0.848 bits per heavy atom. The number of rotatable bonds is 5. The number of aliphatic hydroxyl groups excluding tert-OH is 2. The van der Waals surface area contributed by atoms with Gasteiger partial charge in [0.15, 0.2) is 0 Å². The predicted octanol–water partition coefficient (Wildman–Crippen LogP) is 6.33. The molecule has 5 fully saturated rings. The van der Waals surface area contributed by atoms with Crippen LogP contribution in [0.1, 0.15) is 119 Å². The maximum atomic E-state index is 11.4. The van der Waals surface area contributed by atoms with E-state index >= 15 is 0 Å². The van der Waals surface area contributed by atoms with Crippen LogP contribution in [0.5, 0.6) is 0 Å². The number of fused-ring (bicyclic) bond motifs is 2. The van der Waals surface area contributed by atoms with Crippen LogP contribution in [0.3, 0.4) is 0 Å². The Hall–Kier alpha value is -0.120. The normalized spacial score (nSPS) is 52.2. The second kappa shape index (κ2) is 7.22. The van der Waals surface area contributed by atoms with E-state index < -0.39 is 11.7 Å². The molecule has 0 aromatic rings. The van der Waals surface area contributed by atoms with E-state index in [1.54, 1.807) is 13.8 Å². The van der Waals surface area contributed by atoms with Crippen LogP contribution in [-0.4, -0.2) is 33.1 Å². The highest BCUT2D eigenvalue weighted by Crippen LogP contribution is 2.89. The molecule has 10 atom stereocenters. The topological polar surface area (TPSA) is 60.7 Å². The summed E-state index contributed by atoms with van der Waals surface area (Å²) in [7, 11) is 0. The third-order valence-electron chi connectivity index (χ3n) is 13.4. The van der Waals surface area contributed by atoms with Crippen molar-refractivity contribution in [2.45, 2.75) is 137 Å². The monoisotopic (exact) mass is 460 g/mol. The largest absolute Gasteiger partial charge is 0.393 e. The summed E-state index contributed by atoms with van der Waals surface area (Å²) < 4.78 is 0. The molecule has 2 spiro atoms. The van der Waals surface area contributed by atoms with Crippen molar-refractivity contribution in [3.05, 3.63) is 0 Å². The SMILES string of the molecule is C[C@H](CC[C@H](O)C(C)(C)O)[C@H]1CC[C@@]2(C)[C@@H]3CC[C@H]4C(C)(C)CCC(O)[C@@]45C[C@@]35CC[C@]12C. The Kier molecular flexibility index (Phi) is 5.38. The minimum absolute atomic E-state index is 0.0780. The molecule has 0 radical (unpaired) electrons. The summed E-state index contributed by atoms with van der Waals surface area (Å²) in [6.45, 7) is 16.1. The molecular weight excluding hydrogens is 408 g/mol. The smallest absolute Gasteiger partial charge is 0.0849 e. The maximum Gasteiger partial charge on any atom is 0.0849 e. The third-order valence-corrected chi connectivity index (χ3v) is 13.4. The van der Waals surface area contributed by atoms with E-state index in [9.17, 15) is 15.3 Å². The van der Waals surface area contributed by atoms with Gasteiger partial charge in [0.25, 0.3) is 0 Å². The standard InChI is InChI=1S/C30H52O3/c1-19(8-11-23(31)26(4,5)33)20-12-15-28(7)22-10-9-21-25(2,3)14-13-24(32)30(21)18-29(22,30)17-16-27(20,28)6/h19-24,31-33H,8-18H2,1-7H3/t19-,20-,21+,22+,23+,24?,27-,28+,29+,30-/m1/s1. The fraction of sp³-hybridized carbons (Fsp3) is 1.00. The molecule has 0 amide bonds. The summed E-state index contributed by atoms with van der Waals surface area (Å²) in [6.07, 6.45) is 12.4. The van der Waals surface area contributed by atoms with Gasteiger partial charge >= 0.3 is 0 Å². The van der Waals surface area contributed by atoms with Crippen molar-refractivity contribution in [2.24, 2.45) is 50.7 Å². The number of aliphatic hydroxyl groups is 3. The van der Waals surface area contributed by atoms with Gasteiger partial charge in [-0.3, -0.25) is 0 Å². The molecule has 1 unspecified atom stereocenters. The zero-order valence-electron chi connectivity index (χ0n) is 22.6. The van der Waals surface area contributed by atoms with Crippen molar-refractivity contribution >= 4 is 0 Å². The van der Waals surface area contributed by atoms with E-state index in [2.05, 4.69) is 34.6 Å². The minimum atomic E-state index is -1.02. The van der Waals surface area contributed by atoms with Crippen LogP contribution in [0.4, 0.5) is 0 Å². The van der Waals surface area contributed by atoms with Crippen LogP contribution < -0.4 is 0 Å². The first kappa shape index (κ1) is 24.6. The Morgan fingerprint density at radius 2 is 1.52 bits per heavy atom. The van der Waals surface area contributed by atoms with Crippen molar-refractivity contribution in [3.63, 3.8) is 0 Å². The second-order valence-corrected chi connectivity index (χ2v) is 15.3. The molecule has 0 bridgehead atoms. The summed E-state index contributed by atoms with van der Waals surface area (Å²) >= 11 is 0. The van der Waals surface area contributed by atoms with Crippen LogP contribution in [0, 0.1) is 50.7 Å². The summed E-state index contributed by atoms with van der Waals surface area (Å²) in [5.74, 6) is 2.75. The summed E-state index contributed by atoms with van der Waals surface area (Å²) in [5, 5.41) is 32.1. The molecule has 3 N–H and O–H groups in total. The second-order valence-electron chi connectivity index (χ2n) is 15.3. The predicted molar refractivity (Wildman–Crippen MR) is 134 cm³/mol. The van der Waals surface area contributed by atoms with Gasteiger partial charge in [-0.1, -0.05) is 34.6 Å². The fourth-order valence-electron chi connectivity index (χ4n) is 11.3. The van der Waals surface area contributed by atoms with Gasteiger partial charge in [-0.2, -0.15) is 0 Å². The molecule has 190 valence electrons. The Bertz CT molecular complexity index is 784. The Balaban J connectivity index is 1.39. The quantitative estimate of drug-likeness (QED) is 0.449. The van der Waals surface area contributed by atoms with E-state index in [0.717, 1.165) is 18.8 Å². The minimum Gasteiger partial charge on any atom is -0.393 e. The van der Waals surface area contributed by atoms with Crippen LogP contribution in [0.15, 0.2) is 0 Å². The molecule has 0 aromatic heterocycles. The lowest BCUT2D eigenvalue weighted by atomic mass is 9.41. The van der Waals surface area contributed by atoms with Gasteiger partial charge in [0.1, 0.15) is 0 Å². The lowest BCUT2D eigenvalue weighted by molar-refractivity contribution is -0.169. The van der Waals surface area contributed by atoms with E-state index in [4.69, 9.17) is 0 Å². The molecule has 5 rings (SSSR count). The molecule has 0 heterocycles. The number of hydrogen-bond acceptors (Lipinski definition) is 3. The van der Waals surface area contributed by atoms with Gasteiger partial charge in [0.2, 0.25) is 0 Å². The average Bonchev–Trinajstić information content (AvgIpc) is 3.33. The van der Waals surface area contributed by atoms with E-state index in [0.29, 0.717) is 45.8 Å². The summed E-state index contributed by atoms with van der Waals surface area (Å²) in [4.78, 5) is 0. The Morgan fingerprint density at radius 3 is 2.18 bits per heavy atom. The molecule has 0 saturated heterocycles. The first-order valence-electron chi connectivity index (χ1n) is 14.2. The van der Waals surface area contributed by atoms with Crippen molar-refractivity contribution < 1.29 is 15.3 Å². The van der Waals surface area contributed by atoms with Gasteiger partial charge in [0, 0.05) is 5.41 Å². The molecule has 5 saturated carbocycles. The van der Waals surface area contributed by atoms with Gasteiger partial charge in [-0.15, -0.1) is 0 Å². The highest BCUT2D eigenvalue weighted by Gasteiger charge is 2.83. The zero-order chi connectivity index (χ0) is 24.2.